The number of primary amides is 1. The zero-order valence-corrected chi connectivity index (χ0v) is 13.0. The highest BCUT2D eigenvalue weighted by atomic mass is 19.4. The van der Waals surface area contributed by atoms with Crippen molar-refractivity contribution < 1.29 is 22.8 Å². The molecule has 0 unspecified atom stereocenters. The second-order valence-electron chi connectivity index (χ2n) is 5.36. The van der Waals surface area contributed by atoms with Gasteiger partial charge in [0.25, 0.3) is 5.91 Å². The summed E-state index contributed by atoms with van der Waals surface area (Å²) in [5.41, 5.74) is 4.18. The van der Waals surface area contributed by atoms with E-state index in [-0.39, 0.29) is 5.56 Å². The zero-order valence-electron chi connectivity index (χ0n) is 13.0. The summed E-state index contributed by atoms with van der Waals surface area (Å²) in [4.78, 5) is 23.4. The van der Waals surface area contributed by atoms with Crippen LogP contribution in [0.1, 0.15) is 54.9 Å². The number of alkyl halides is 3. The Morgan fingerprint density at radius 2 is 1.91 bits per heavy atom. The summed E-state index contributed by atoms with van der Waals surface area (Å²) < 4.78 is 38.0. The minimum atomic E-state index is -4.53. The molecular weight excluding hydrogens is 309 g/mol. The van der Waals surface area contributed by atoms with Crippen LogP contribution < -0.4 is 11.1 Å². The predicted molar refractivity (Wildman–Crippen MR) is 80.7 cm³/mol. The average molecular weight is 330 g/mol. The van der Waals surface area contributed by atoms with Crippen LogP contribution in [0.2, 0.25) is 0 Å². The summed E-state index contributed by atoms with van der Waals surface area (Å²) in [5.74, 6) is -1.43. The maximum absolute atomic E-state index is 12.7. The SMILES string of the molecule is CCCCCC[C@@H](NC(=O)c1cccc(C(F)(F)F)c1)C(N)=O. The number of benzene rings is 1. The van der Waals surface area contributed by atoms with Gasteiger partial charge in [-0.25, -0.2) is 0 Å². The number of rotatable bonds is 8. The van der Waals surface area contributed by atoms with Crippen LogP contribution in [0, 0.1) is 0 Å². The van der Waals surface area contributed by atoms with E-state index >= 15 is 0 Å². The summed E-state index contributed by atoms with van der Waals surface area (Å²) in [5, 5.41) is 2.41. The van der Waals surface area contributed by atoms with Gasteiger partial charge in [-0.05, 0) is 24.6 Å². The molecule has 0 saturated heterocycles. The standard InChI is InChI=1S/C16H21F3N2O2/c1-2-3-4-5-9-13(14(20)22)21-15(23)11-7-6-8-12(10-11)16(17,18)19/h6-8,10,13H,2-5,9H2,1H3,(H2,20,22)(H,21,23)/t13-/m1/s1. The topological polar surface area (TPSA) is 72.2 Å². The van der Waals surface area contributed by atoms with Gasteiger partial charge in [-0.1, -0.05) is 38.7 Å². The van der Waals surface area contributed by atoms with Crippen molar-refractivity contribution in [3.05, 3.63) is 35.4 Å². The molecule has 23 heavy (non-hydrogen) atoms. The van der Waals surface area contributed by atoms with E-state index < -0.39 is 29.6 Å². The van der Waals surface area contributed by atoms with Gasteiger partial charge in [0.15, 0.2) is 0 Å². The Hall–Kier alpha value is -2.05. The number of amides is 2. The Labute approximate surface area is 133 Å². The second kappa shape index (κ2) is 8.55. The minimum absolute atomic E-state index is 0.153. The van der Waals surface area contributed by atoms with Gasteiger partial charge in [-0.15, -0.1) is 0 Å². The number of hydrogen-bond acceptors (Lipinski definition) is 2. The third-order valence-electron chi connectivity index (χ3n) is 3.45. The van der Waals surface area contributed by atoms with Crippen molar-refractivity contribution in [2.24, 2.45) is 5.73 Å². The van der Waals surface area contributed by atoms with Crippen LogP contribution in [-0.4, -0.2) is 17.9 Å². The van der Waals surface area contributed by atoms with E-state index in [9.17, 15) is 22.8 Å². The normalized spacial score (nSPS) is 12.7. The maximum Gasteiger partial charge on any atom is 0.416 e. The molecule has 0 saturated carbocycles. The molecule has 4 nitrogen and oxygen atoms in total. The van der Waals surface area contributed by atoms with Gasteiger partial charge >= 0.3 is 6.18 Å². The van der Waals surface area contributed by atoms with Crippen molar-refractivity contribution in [3.63, 3.8) is 0 Å². The largest absolute Gasteiger partial charge is 0.416 e. The summed E-state index contributed by atoms with van der Waals surface area (Å²) in [6, 6.07) is 3.17. The van der Waals surface area contributed by atoms with E-state index in [1.165, 1.54) is 6.07 Å². The lowest BCUT2D eigenvalue weighted by Crippen LogP contribution is -2.44. The van der Waals surface area contributed by atoms with Crippen LogP contribution in [0.25, 0.3) is 0 Å². The van der Waals surface area contributed by atoms with E-state index in [0.29, 0.717) is 12.8 Å². The van der Waals surface area contributed by atoms with Gasteiger partial charge in [0.2, 0.25) is 5.91 Å². The quantitative estimate of drug-likeness (QED) is 0.718. The van der Waals surface area contributed by atoms with Crippen LogP contribution in [0.15, 0.2) is 24.3 Å². The van der Waals surface area contributed by atoms with Crippen LogP contribution in [0.4, 0.5) is 13.2 Å². The number of carbonyl (C=O) groups excluding carboxylic acids is 2. The lowest BCUT2D eigenvalue weighted by Gasteiger charge is -2.16. The summed E-state index contributed by atoms with van der Waals surface area (Å²) >= 11 is 0. The molecule has 0 radical (unpaired) electrons. The molecule has 0 heterocycles. The zero-order chi connectivity index (χ0) is 17.5. The molecule has 3 N–H and O–H groups in total. The fourth-order valence-corrected chi connectivity index (χ4v) is 2.14. The highest BCUT2D eigenvalue weighted by Gasteiger charge is 2.31. The molecule has 128 valence electrons. The lowest BCUT2D eigenvalue weighted by atomic mass is 10.1. The molecule has 2 amide bonds. The van der Waals surface area contributed by atoms with Gasteiger partial charge in [-0.2, -0.15) is 13.2 Å². The molecule has 1 atom stereocenters. The van der Waals surface area contributed by atoms with Crippen LogP contribution in [0.5, 0.6) is 0 Å². The van der Waals surface area contributed by atoms with Crippen LogP contribution in [0.3, 0.4) is 0 Å². The molecular formula is C16H21F3N2O2. The fraction of sp³-hybridized carbons (Fsp3) is 0.500. The predicted octanol–water partition coefficient (Wildman–Crippen LogP) is 3.26. The Kier molecular flexibility index (Phi) is 7.06. The Morgan fingerprint density at radius 1 is 1.22 bits per heavy atom. The molecule has 0 aliphatic rings. The highest BCUT2D eigenvalue weighted by molar-refractivity contribution is 5.97. The van der Waals surface area contributed by atoms with E-state index in [1.54, 1.807) is 0 Å². The number of hydrogen-bond donors (Lipinski definition) is 2. The molecule has 0 fully saturated rings. The third-order valence-corrected chi connectivity index (χ3v) is 3.45. The molecule has 0 aromatic heterocycles. The van der Waals surface area contributed by atoms with Crippen molar-refractivity contribution in [3.8, 4) is 0 Å². The molecule has 1 rings (SSSR count). The number of nitrogens with one attached hydrogen (secondary N) is 1. The van der Waals surface area contributed by atoms with Gasteiger partial charge in [0, 0.05) is 5.56 Å². The molecule has 7 heteroatoms. The van der Waals surface area contributed by atoms with Crippen LogP contribution in [-0.2, 0) is 11.0 Å². The highest BCUT2D eigenvalue weighted by Crippen LogP contribution is 2.29. The number of nitrogens with two attached hydrogens (primary N) is 1. The van der Waals surface area contributed by atoms with Crippen molar-refractivity contribution in [1.82, 2.24) is 5.32 Å². The fourth-order valence-electron chi connectivity index (χ4n) is 2.14. The number of carbonyl (C=O) groups is 2. The summed E-state index contributed by atoms with van der Waals surface area (Å²) in [6.07, 6.45) is -0.505. The van der Waals surface area contributed by atoms with Crippen molar-refractivity contribution in [2.45, 2.75) is 51.2 Å². The molecule has 0 aliphatic carbocycles. The smallest absolute Gasteiger partial charge is 0.368 e. The van der Waals surface area contributed by atoms with Gasteiger partial charge in [-0.3, -0.25) is 9.59 Å². The molecule has 0 spiro atoms. The molecule has 1 aromatic rings. The average Bonchev–Trinajstić information content (AvgIpc) is 2.49. The van der Waals surface area contributed by atoms with E-state index in [1.807, 2.05) is 6.92 Å². The van der Waals surface area contributed by atoms with Gasteiger partial charge in [0.05, 0.1) is 5.56 Å². The first kappa shape index (κ1) is 19.0. The van der Waals surface area contributed by atoms with E-state index in [4.69, 9.17) is 5.73 Å². The van der Waals surface area contributed by atoms with Gasteiger partial charge < -0.3 is 11.1 Å². The summed E-state index contributed by atoms with van der Waals surface area (Å²) in [6.45, 7) is 2.04. The molecule has 1 aromatic carbocycles. The van der Waals surface area contributed by atoms with E-state index in [0.717, 1.165) is 37.5 Å². The lowest BCUT2D eigenvalue weighted by molar-refractivity contribution is -0.137. The number of unbranched alkanes of at least 4 members (excludes halogenated alkanes) is 3. The Bertz CT molecular complexity index is 544. The minimum Gasteiger partial charge on any atom is -0.368 e. The van der Waals surface area contributed by atoms with Crippen molar-refractivity contribution in [1.29, 1.82) is 0 Å². The summed E-state index contributed by atoms with van der Waals surface area (Å²) in [7, 11) is 0. The first-order valence-corrected chi connectivity index (χ1v) is 7.53. The van der Waals surface area contributed by atoms with E-state index in [2.05, 4.69) is 5.32 Å². The monoisotopic (exact) mass is 330 g/mol. The molecule has 0 aliphatic heterocycles. The first-order chi connectivity index (χ1) is 10.8. The Balaban J connectivity index is 2.73. The third kappa shape index (κ3) is 6.30. The number of halogens is 3. The Morgan fingerprint density at radius 3 is 2.48 bits per heavy atom. The van der Waals surface area contributed by atoms with Crippen molar-refractivity contribution >= 4 is 11.8 Å². The first-order valence-electron chi connectivity index (χ1n) is 7.53. The van der Waals surface area contributed by atoms with Gasteiger partial charge in [0.1, 0.15) is 6.04 Å². The van der Waals surface area contributed by atoms with Crippen LogP contribution >= 0.6 is 0 Å². The molecule has 0 bridgehead atoms. The second-order valence-corrected chi connectivity index (χ2v) is 5.36. The van der Waals surface area contributed by atoms with Crippen molar-refractivity contribution in [2.75, 3.05) is 0 Å². The maximum atomic E-state index is 12.7.